The van der Waals surface area contributed by atoms with Crippen LogP contribution in [0.25, 0.3) is 0 Å². The molecule has 0 bridgehead atoms. The number of aryl methyl sites for hydroxylation is 2. The van der Waals surface area contributed by atoms with Crippen molar-refractivity contribution in [2.45, 2.75) is 31.7 Å². The fourth-order valence-corrected chi connectivity index (χ4v) is 4.11. The lowest BCUT2D eigenvalue weighted by atomic mass is 10.1. The molecule has 0 aliphatic heterocycles. The number of carbonyl (C=O) groups is 1. The average molecular weight is 409 g/mol. The van der Waals surface area contributed by atoms with Gasteiger partial charge in [0.2, 0.25) is 10.0 Å². The van der Waals surface area contributed by atoms with Crippen LogP contribution in [-0.2, 0) is 23.0 Å². The number of para-hydroxylation sites is 1. The highest BCUT2D eigenvalue weighted by atomic mass is 32.2. The Labute approximate surface area is 171 Å². The van der Waals surface area contributed by atoms with E-state index in [-0.39, 0.29) is 22.9 Å². The van der Waals surface area contributed by atoms with Crippen LogP contribution in [0.3, 0.4) is 0 Å². The maximum atomic E-state index is 12.8. The third-order valence-corrected chi connectivity index (χ3v) is 6.09. The van der Waals surface area contributed by atoms with Crippen molar-refractivity contribution < 1.29 is 13.2 Å². The number of rotatable bonds is 7. The Morgan fingerprint density at radius 1 is 0.931 bits per heavy atom. The maximum Gasteiger partial charge on any atom is 0.255 e. The van der Waals surface area contributed by atoms with Gasteiger partial charge in [-0.05, 0) is 48.2 Å². The van der Waals surface area contributed by atoms with Gasteiger partial charge in [0, 0.05) is 17.8 Å². The molecule has 29 heavy (non-hydrogen) atoms. The van der Waals surface area contributed by atoms with Crippen molar-refractivity contribution in [2.24, 2.45) is 0 Å². The van der Waals surface area contributed by atoms with Gasteiger partial charge in [-0.2, -0.15) is 0 Å². The molecule has 0 radical (unpaired) electrons. The number of anilines is 1. The van der Waals surface area contributed by atoms with Crippen LogP contribution in [0.2, 0.25) is 0 Å². The molecule has 0 saturated heterocycles. The van der Waals surface area contributed by atoms with E-state index in [0.29, 0.717) is 0 Å². The smallest absolute Gasteiger partial charge is 0.255 e. The Balaban J connectivity index is 1.79. The molecule has 0 unspecified atom stereocenters. The van der Waals surface area contributed by atoms with Crippen molar-refractivity contribution in [3.8, 4) is 0 Å². The van der Waals surface area contributed by atoms with Gasteiger partial charge < -0.3 is 5.32 Å². The van der Waals surface area contributed by atoms with E-state index < -0.39 is 10.0 Å². The highest BCUT2D eigenvalue weighted by molar-refractivity contribution is 7.89. The molecule has 0 aliphatic carbocycles. The number of nitrogens with one attached hydrogen (secondary N) is 2. The van der Waals surface area contributed by atoms with Gasteiger partial charge in [-0.3, -0.25) is 4.79 Å². The van der Waals surface area contributed by atoms with Crippen molar-refractivity contribution in [1.29, 1.82) is 0 Å². The Bertz CT molecular complexity index is 1110. The molecule has 0 atom stereocenters. The molecule has 0 heterocycles. The average Bonchev–Trinajstić information content (AvgIpc) is 2.74. The topological polar surface area (TPSA) is 75.3 Å². The summed E-state index contributed by atoms with van der Waals surface area (Å²) in [5.74, 6) is -0.339. The molecular weight excluding hydrogens is 384 g/mol. The lowest BCUT2D eigenvalue weighted by Crippen LogP contribution is -2.23. The molecule has 0 fully saturated rings. The summed E-state index contributed by atoms with van der Waals surface area (Å²) in [7, 11) is -3.74. The molecule has 0 saturated carbocycles. The van der Waals surface area contributed by atoms with Crippen LogP contribution in [0.15, 0.2) is 77.7 Å². The van der Waals surface area contributed by atoms with Crippen LogP contribution in [0.1, 0.15) is 34.0 Å². The molecular formula is C23H24N2O3S. The van der Waals surface area contributed by atoms with E-state index in [1.807, 2.05) is 62.4 Å². The van der Waals surface area contributed by atoms with Gasteiger partial charge in [-0.1, -0.05) is 61.5 Å². The monoisotopic (exact) mass is 408 g/mol. The fourth-order valence-electron chi connectivity index (χ4n) is 3.05. The van der Waals surface area contributed by atoms with Gasteiger partial charge in [0.25, 0.3) is 5.91 Å². The Hall–Kier alpha value is -2.96. The second-order valence-corrected chi connectivity index (χ2v) is 8.52. The lowest BCUT2D eigenvalue weighted by molar-refractivity contribution is 0.102. The lowest BCUT2D eigenvalue weighted by Gasteiger charge is -2.13. The van der Waals surface area contributed by atoms with Crippen LogP contribution >= 0.6 is 0 Å². The Morgan fingerprint density at radius 2 is 1.66 bits per heavy atom. The Morgan fingerprint density at radius 3 is 2.38 bits per heavy atom. The second kappa shape index (κ2) is 9.03. The number of carbonyl (C=O) groups excluding carboxylic acids is 1. The van der Waals surface area contributed by atoms with E-state index in [2.05, 4.69) is 10.0 Å². The summed E-state index contributed by atoms with van der Waals surface area (Å²) in [5.41, 5.74) is 3.92. The molecule has 3 aromatic rings. The zero-order valence-electron chi connectivity index (χ0n) is 16.5. The first-order valence-corrected chi connectivity index (χ1v) is 10.9. The third kappa shape index (κ3) is 5.10. The maximum absolute atomic E-state index is 12.8. The summed E-state index contributed by atoms with van der Waals surface area (Å²) < 4.78 is 27.9. The highest BCUT2D eigenvalue weighted by Crippen LogP contribution is 2.22. The molecule has 5 nitrogen and oxygen atoms in total. The molecule has 0 aromatic heterocycles. The molecule has 1 amide bonds. The van der Waals surface area contributed by atoms with Gasteiger partial charge in [0.1, 0.15) is 0 Å². The van der Waals surface area contributed by atoms with E-state index in [1.165, 1.54) is 12.1 Å². The molecule has 2 N–H and O–H groups in total. The van der Waals surface area contributed by atoms with Crippen molar-refractivity contribution in [2.75, 3.05) is 5.32 Å². The Kier molecular flexibility index (Phi) is 6.46. The molecule has 3 aromatic carbocycles. The number of sulfonamides is 1. The molecule has 3 rings (SSSR count). The van der Waals surface area contributed by atoms with Gasteiger partial charge in [-0.25, -0.2) is 13.1 Å². The van der Waals surface area contributed by atoms with Crippen LogP contribution in [-0.4, -0.2) is 14.3 Å². The van der Waals surface area contributed by atoms with Gasteiger partial charge in [-0.15, -0.1) is 0 Å². The van der Waals surface area contributed by atoms with E-state index in [9.17, 15) is 13.2 Å². The predicted molar refractivity (Wildman–Crippen MR) is 115 cm³/mol. The standard InChI is InChI=1S/C23H24N2O3S/c1-3-19-12-7-9-17(2)22(19)25-23(26)20-13-8-14-21(15-20)29(27,28)24-16-18-10-5-4-6-11-18/h4-15,24H,3,16H2,1-2H3,(H,25,26). The van der Waals surface area contributed by atoms with Crippen LogP contribution < -0.4 is 10.0 Å². The van der Waals surface area contributed by atoms with Gasteiger partial charge >= 0.3 is 0 Å². The highest BCUT2D eigenvalue weighted by Gasteiger charge is 2.17. The minimum absolute atomic E-state index is 0.0570. The van der Waals surface area contributed by atoms with Gasteiger partial charge in [0.05, 0.1) is 4.90 Å². The van der Waals surface area contributed by atoms with Crippen LogP contribution in [0, 0.1) is 6.92 Å². The quantitative estimate of drug-likeness (QED) is 0.612. The van der Waals surface area contributed by atoms with Crippen molar-refractivity contribution in [3.05, 3.63) is 95.1 Å². The zero-order valence-corrected chi connectivity index (χ0v) is 17.3. The number of hydrogen-bond donors (Lipinski definition) is 2. The summed E-state index contributed by atoms with van der Waals surface area (Å²) in [6.07, 6.45) is 0.787. The molecule has 150 valence electrons. The van der Waals surface area contributed by atoms with Gasteiger partial charge in [0.15, 0.2) is 0 Å². The third-order valence-electron chi connectivity index (χ3n) is 4.69. The van der Waals surface area contributed by atoms with E-state index in [0.717, 1.165) is 28.8 Å². The summed E-state index contributed by atoms with van der Waals surface area (Å²) in [6, 6.07) is 21.2. The van der Waals surface area contributed by atoms with Crippen LogP contribution in [0.5, 0.6) is 0 Å². The molecule has 6 heteroatoms. The SMILES string of the molecule is CCc1cccc(C)c1NC(=O)c1cccc(S(=O)(=O)NCc2ccccc2)c1. The van der Waals surface area contributed by atoms with E-state index in [1.54, 1.807) is 12.1 Å². The molecule has 0 spiro atoms. The number of hydrogen-bond acceptors (Lipinski definition) is 3. The first-order chi connectivity index (χ1) is 13.9. The van der Waals surface area contributed by atoms with Crippen molar-refractivity contribution >= 4 is 21.6 Å². The summed E-state index contributed by atoms with van der Waals surface area (Å²) in [5, 5.41) is 2.93. The number of amides is 1. The van der Waals surface area contributed by atoms with Crippen molar-refractivity contribution in [3.63, 3.8) is 0 Å². The first kappa shape index (κ1) is 20.8. The predicted octanol–water partition coefficient (Wildman–Crippen LogP) is 4.29. The second-order valence-electron chi connectivity index (χ2n) is 6.75. The summed E-state index contributed by atoms with van der Waals surface area (Å²) in [6.45, 7) is 4.14. The minimum Gasteiger partial charge on any atom is -0.321 e. The largest absolute Gasteiger partial charge is 0.321 e. The summed E-state index contributed by atoms with van der Waals surface area (Å²) >= 11 is 0. The normalized spacial score (nSPS) is 11.2. The summed E-state index contributed by atoms with van der Waals surface area (Å²) in [4.78, 5) is 12.8. The zero-order chi connectivity index (χ0) is 20.9. The van der Waals surface area contributed by atoms with Crippen molar-refractivity contribution in [1.82, 2.24) is 4.72 Å². The first-order valence-electron chi connectivity index (χ1n) is 9.44. The van der Waals surface area contributed by atoms with E-state index in [4.69, 9.17) is 0 Å². The fraction of sp³-hybridized carbons (Fsp3) is 0.174. The number of benzene rings is 3. The van der Waals surface area contributed by atoms with Crippen LogP contribution in [0.4, 0.5) is 5.69 Å². The minimum atomic E-state index is -3.74. The van der Waals surface area contributed by atoms with E-state index >= 15 is 0 Å². The molecule has 0 aliphatic rings.